The third kappa shape index (κ3) is 6.47. The summed E-state index contributed by atoms with van der Waals surface area (Å²) in [5.41, 5.74) is 12.1. The van der Waals surface area contributed by atoms with Crippen LogP contribution >= 0.6 is 0 Å². The minimum Gasteiger partial charge on any atom is -0.264 e. The van der Waals surface area contributed by atoms with Gasteiger partial charge >= 0.3 is 0 Å². The van der Waals surface area contributed by atoms with Gasteiger partial charge in [-0.25, -0.2) is 15.0 Å². The molecule has 0 spiro atoms. The molecule has 0 radical (unpaired) electrons. The van der Waals surface area contributed by atoms with Gasteiger partial charge in [0.25, 0.3) is 0 Å². The van der Waals surface area contributed by atoms with Crippen LogP contribution in [0.2, 0.25) is 0 Å². The van der Waals surface area contributed by atoms with Crippen molar-refractivity contribution in [1.29, 1.82) is 0 Å². The lowest BCUT2D eigenvalue weighted by Gasteiger charge is -2.16. The molecule has 6 aromatic heterocycles. The Balaban J connectivity index is 1.07. The lowest BCUT2D eigenvalue weighted by molar-refractivity contribution is 1.07. The molecular weight excluding hydrogens is 809 g/mol. The van der Waals surface area contributed by atoms with Gasteiger partial charge < -0.3 is 0 Å². The topological polar surface area (TPSA) is 103 Å². The fourth-order valence-corrected chi connectivity index (χ4v) is 9.29. The fraction of sp³-hybridized carbons (Fsp3) is 0. The number of nitrogens with zero attached hydrogens (tertiary/aromatic N) is 8. The second-order valence-corrected chi connectivity index (χ2v) is 16.5. The molecule has 0 aliphatic heterocycles. The molecule has 8 heteroatoms. The molecule has 306 valence electrons. The molecule has 0 amide bonds. The Kier molecular flexibility index (Phi) is 8.67. The molecular formula is C58H34N8. The number of pyridine rings is 5. The molecule has 13 rings (SSSR count). The summed E-state index contributed by atoms with van der Waals surface area (Å²) >= 11 is 0. The minimum absolute atomic E-state index is 0.544. The summed E-state index contributed by atoms with van der Waals surface area (Å²) < 4.78 is 0. The van der Waals surface area contributed by atoms with Crippen LogP contribution in [0.15, 0.2) is 207 Å². The van der Waals surface area contributed by atoms with E-state index in [0.29, 0.717) is 17.5 Å². The Morgan fingerprint density at radius 3 is 1.33 bits per heavy atom. The van der Waals surface area contributed by atoms with E-state index in [9.17, 15) is 0 Å². The molecule has 0 fully saturated rings. The highest BCUT2D eigenvalue weighted by Crippen LogP contribution is 2.41. The molecule has 0 bridgehead atoms. The van der Waals surface area contributed by atoms with Crippen molar-refractivity contribution in [1.82, 2.24) is 39.9 Å². The van der Waals surface area contributed by atoms with Crippen LogP contribution in [0.5, 0.6) is 0 Å². The Bertz CT molecular complexity index is 3920. The van der Waals surface area contributed by atoms with E-state index >= 15 is 0 Å². The lowest BCUT2D eigenvalue weighted by Crippen LogP contribution is -2.01. The number of rotatable bonds is 6. The molecule has 66 heavy (non-hydrogen) atoms. The van der Waals surface area contributed by atoms with Gasteiger partial charge in [0, 0.05) is 75.4 Å². The smallest absolute Gasteiger partial charge is 0.164 e. The normalized spacial score (nSPS) is 11.6. The number of hydrogen-bond donors (Lipinski definition) is 0. The van der Waals surface area contributed by atoms with E-state index < -0.39 is 0 Å². The van der Waals surface area contributed by atoms with Crippen molar-refractivity contribution < 1.29 is 0 Å². The van der Waals surface area contributed by atoms with Crippen LogP contribution < -0.4 is 0 Å². The molecule has 6 heterocycles. The number of benzene rings is 7. The molecule has 0 aliphatic rings. The molecule has 13 aromatic rings. The van der Waals surface area contributed by atoms with Gasteiger partial charge in [0.05, 0.1) is 22.1 Å². The van der Waals surface area contributed by atoms with Gasteiger partial charge in [0.15, 0.2) is 17.5 Å². The third-order valence-corrected chi connectivity index (χ3v) is 12.5. The molecule has 0 atom stereocenters. The quantitative estimate of drug-likeness (QED) is 0.120. The van der Waals surface area contributed by atoms with E-state index in [1.54, 1.807) is 6.20 Å². The van der Waals surface area contributed by atoms with Crippen LogP contribution in [0.1, 0.15) is 0 Å². The zero-order valence-electron chi connectivity index (χ0n) is 35.2. The SMILES string of the molecule is c1cncc(-c2ccc(-c3nc(-c4cc(-c5cc6cccnc6c6ncccc56)cc(-c5cc6cccnc6c6ncccc56)c4)nc(-c4ccc5cc6ccccc6cc5c4)n3)cc2)c1. The molecule has 0 N–H and O–H groups in total. The van der Waals surface area contributed by atoms with Crippen LogP contribution in [0.25, 0.3) is 133 Å². The van der Waals surface area contributed by atoms with Crippen LogP contribution in [-0.4, -0.2) is 39.9 Å². The number of aromatic nitrogens is 8. The predicted molar refractivity (Wildman–Crippen MR) is 266 cm³/mol. The first-order chi connectivity index (χ1) is 32.7. The summed E-state index contributed by atoms with van der Waals surface area (Å²) in [6.07, 6.45) is 11.0. The van der Waals surface area contributed by atoms with Crippen LogP contribution in [0.3, 0.4) is 0 Å². The lowest BCUT2D eigenvalue weighted by atomic mass is 9.91. The van der Waals surface area contributed by atoms with Crippen molar-refractivity contribution in [3.63, 3.8) is 0 Å². The summed E-state index contributed by atoms with van der Waals surface area (Å²) in [7, 11) is 0. The first kappa shape index (κ1) is 37.4. The van der Waals surface area contributed by atoms with Crippen molar-refractivity contribution >= 4 is 65.2 Å². The van der Waals surface area contributed by atoms with E-state index in [2.05, 4.69) is 145 Å². The van der Waals surface area contributed by atoms with E-state index in [0.717, 1.165) is 104 Å². The predicted octanol–water partition coefficient (Wildman–Crippen LogP) is 13.8. The van der Waals surface area contributed by atoms with Crippen molar-refractivity contribution in [2.24, 2.45) is 0 Å². The third-order valence-electron chi connectivity index (χ3n) is 12.5. The van der Waals surface area contributed by atoms with Gasteiger partial charge in [-0.2, -0.15) is 0 Å². The van der Waals surface area contributed by atoms with Gasteiger partial charge in [-0.05, 0) is 134 Å². The zero-order chi connectivity index (χ0) is 43.6. The average Bonchev–Trinajstić information content (AvgIpc) is 3.39. The Hall–Kier alpha value is -9.14. The fourth-order valence-electron chi connectivity index (χ4n) is 9.29. The monoisotopic (exact) mass is 842 g/mol. The van der Waals surface area contributed by atoms with Crippen LogP contribution in [0.4, 0.5) is 0 Å². The number of hydrogen-bond acceptors (Lipinski definition) is 8. The molecule has 0 saturated carbocycles. The summed E-state index contributed by atoms with van der Waals surface area (Å²) in [5.74, 6) is 1.69. The average molecular weight is 843 g/mol. The summed E-state index contributed by atoms with van der Waals surface area (Å²) in [5, 5.41) is 8.63. The molecule has 8 nitrogen and oxygen atoms in total. The molecule has 0 unspecified atom stereocenters. The second kappa shape index (κ2) is 15.3. The highest BCUT2D eigenvalue weighted by Gasteiger charge is 2.19. The minimum atomic E-state index is 0.544. The summed E-state index contributed by atoms with van der Waals surface area (Å²) in [6, 6.07) is 59.1. The van der Waals surface area contributed by atoms with Crippen molar-refractivity contribution in [2.45, 2.75) is 0 Å². The van der Waals surface area contributed by atoms with Crippen molar-refractivity contribution in [3.05, 3.63) is 207 Å². The largest absolute Gasteiger partial charge is 0.264 e. The van der Waals surface area contributed by atoms with Gasteiger partial charge in [0.1, 0.15) is 0 Å². The molecule has 0 saturated heterocycles. The molecule has 7 aromatic carbocycles. The highest BCUT2D eigenvalue weighted by atomic mass is 15.0. The molecule has 0 aliphatic carbocycles. The maximum Gasteiger partial charge on any atom is 0.164 e. The van der Waals surface area contributed by atoms with E-state index in [1.165, 1.54) is 10.8 Å². The first-order valence-corrected chi connectivity index (χ1v) is 21.8. The van der Waals surface area contributed by atoms with Gasteiger partial charge in [0.2, 0.25) is 0 Å². The van der Waals surface area contributed by atoms with Crippen molar-refractivity contribution in [2.75, 3.05) is 0 Å². The number of fused-ring (bicyclic) bond motifs is 8. The summed E-state index contributed by atoms with van der Waals surface area (Å²) in [6.45, 7) is 0. The maximum atomic E-state index is 5.35. The first-order valence-electron chi connectivity index (χ1n) is 21.8. The van der Waals surface area contributed by atoms with Crippen molar-refractivity contribution in [3.8, 4) is 67.5 Å². The second-order valence-electron chi connectivity index (χ2n) is 16.5. The van der Waals surface area contributed by atoms with Crippen LogP contribution in [0, 0.1) is 0 Å². The Morgan fingerprint density at radius 2 is 0.727 bits per heavy atom. The van der Waals surface area contributed by atoms with Crippen LogP contribution in [-0.2, 0) is 0 Å². The van der Waals surface area contributed by atoms with E-state index in [1.807, 2.05) is 61.3 Å². The van der Waals surface area contributed by atoms with Gasteiger partial charge in [-0.1, -0.05) is 91.0 Å². The Morgan fingerprint density at radius 1 is 0.258 bits per heavy atom. The van der Waals surface area contributed by atoms with Gasteiger partial charge in [-0.3, -0.25) is 24.9 Å². The summed E-state index contributed by atoms with van der Waals surface area (Å²) in [4.78, 5) is 39.5. The standard InChI is InChI=1S/C58H34N8/c1-2-9-38-27-44-28-42(20-19-39(44)26-37(38)8-1)57-64-56(36-17-15-35(16-18-36)43-12-3-21-59-34-43)65-58(66-57)47-30-45(50-32-40-10-4-22-60-52(40)54-48(50)13-6-24-62-54)29-46(31-47)51-33-41-11-5-23-61-53(41)55-49(51)14-7-25-63-55/h1-34H. The zero-order valence-corrected chi connectivity index (χ0v) is 35.2. The highest BCUT2D eigenvalue weighted by molar-refractivity contribution is 6.13. The maximum absolute atomic E-state index is 5.35. The van der Waals surface area contributed by atoms with Gasteiger partial charge in [-0.15, -0.1) is 0 Å². The Labute approximate surface area is 378 Å². The van der Waals surface area contributed by atoms with E-state index in [-0.39, 0.29) is 0 Å². The van der Waals surface area contributed by atoms with E-state index in [4.69, 9.17) is 34.9 Å².